The molecule has 1 aromatic heterocycles. The number of anilines is 2. The molecule has 0 saturated carbocycles. The fourth-order valence-electron chi connectivity index (χ4n) is 3.94. The third-order valence-corrected chi connectivity index (χ3v) is 6.41. The molecule has 9 heteroatoms. The van der Waals surface area contributed by atoms with Gasteiger partial charge in [-0.2, -0.15) is 0 Å². The number of likely N-dealkylation sites (N-methyl/N-ethyl adjacent to an activating group) is 1. The Labute approximate surface area is 208 Å². The number of amides is 1. The van der Waals surface area contributed by atoms with Crippen molar-refractivity contribution in [2.24, 2.45) is 0 Å². The van der Waals surface area contributed by atoms with Crippen LogP contribution < -0.4 is 10.2 Å². The summed E-state index contributed by atoms with van der Waals surface area (Å²) in [5, 5.41) is 3.88. The van der Waals surface area contributed by atoms with Crippen molar-refractivity contribution >= 4 is 46.5 Å². The van der Waals surface area contributed by atoms with E-state index in [9.17, 15) is 9.59 Å². The van der Waals surface area contributed by atoms with Crippen LogP contribution in [0.25, 0.3) is 11.3 Å². The number of nitrogens with one attached hydrogen (secondary N) is 1. The number of furan rings is 1. The van der Waals surface area contributed by atoms with Crippen molar-refractivity contribution in [1.29, 1.82) is 0 Å². The Bertz CT molecular complexity index is 1200. The Morgan fingerprint density at radius 3 is 2.50 bits per heavy atom. The van der Waals surface area contributed by atoms with Gasteiger partial charge in [0.25, 0.3) is 5.91 Å². The summed E-state index contributed by atoms with van der Waals surface area (Å²) in [5.74, 6) is -0.387. The third-order valence-electron chi connectivity index (χ3n) is 5.85. The number of rotatable bonds is 6. The lowest BCUT2D eigenvalue weighted by molar-refractivity contribution is 0.0600. The van der Waals surface area contributed by atoms with Crippen LogP contribution in [0.1, 0.15) is 27.8 Å². The molecule has 34 heavy (non-hydrogen) atoms. The lowest BCUT2D eigenvalue weighted by Crippen LogP contribution is -2.46. The van der Waals surface area contributed by atoms with Crippen LogP contribution in [0, 0.1) is 0 Å². The predicted octanol–water partition coefficient (Wildman–Crippen LogP) is 5.43. The quantitative estimate of drug-likeness (QED) is 0.453. The van der Waals surface area contributed by atoms with Gasteiger partial charge in [0.15, 0.2) is 5.76 Å². The van der Waals surface area contributed by atoms with Gasteiger partial charge in [-0.25, -0.2) is 4.79 Å². The van der Waals surface area contributed by atoms with E-state index in [0.717, 1.165) is 38.4 Å². The number of hydrogen-bond acceptors (Lipinski definition) is 6. The van der Waals surface area contributed by atoms with Crippen LogP contribution in [0.5, 0.6) is 0 Å². The van der Waals surface area contributed by atoms with E-state index >= 15 is 0 Å². The molecule has 1 fully saturated rings. The van der Waals surface area contributed by atoms with Crippen molar-refractivity contribution in [2.75, 3.05) is 50.1 Å². The number of ether oxygens (including phenoxy) is 1. The number of halogens is 2. The molecule has 0 radical (unpaired) electrons. The number of piperazine rings is 1. The number of carbonyl (C=O) groups excluding carboxylic acids is 2. The first-order valence-electron chi connectivity index (χ1n) is 11.0. The highest BCUT2D eigenvalue weighted by Crippen LogP contribution is 2.33. The van der Waals surface area contributed by atoms with Gasteiger partial charge in [-0.1, -0.05) is 30.1 Å². The van der Waals surface area contributed by atoms with Crippen molar-refractivity contribution in [2.45, 2.75) is 6.92 Å². The van der Waals surface area contributed by atoms with Crippen LogP contribution in [0.15, 0.2) is 52.9 Å². The van der Waals surface area contributed by atoms with E-state index in [1.54, 1.807) is 42.5 Å². The Morgan fingerprint density at radius 1 is 1.03 bits per heavy atom. The van der Waals surface area contributed by atoms with Gasteiger partial charge in [-0.05, 0) is 55.1 Å². The summed E-state index contributed by atoms with van der Waals surface area (Å²) in [6, 6.07) is 13.4. The Morgan fingerprint density at radius 2 is 1.79 bits per heavy atom. The molecule has 1 amide bonds. The van der Waals surface area contributed by atoms with Crippen LogP contribution in [-0.2, 0) is 4.74 Å². The minimum absolute atomic E-state index is 0.108. The first kappa shape index (κ1) is 24.1. The molecule has 2 heterocycles. The molecule has 0 bridgehead atoms. The zero-order valence-electron chi connectivity index (χ0n) is 18.9. The van der Waals surface area contributed by atoms with Gasteiger partial charge < -0.3 is 24.3 Å². The molecule has 1 N–H and O–H groups in total. The molecule has 7 nitrogen and oxygen atoms in total. The van der Waals surface area contributed by atoms with Crippen molar-refractivity contribution in [3.8, 4) is 11.3 Å². The standard InChI is InChI=1S/C25H25Cl2N3O4/c1-3-29-10-12-30(13-11-29)21-7-4-16(25(32)33-2)14-20(21)28-24(31)23-9-8-22(34-23)18-15-17(26)5-6-19(18)27/h4-9,14-15H,3,10-13H2,1-2H3,(H,28,31). The molecule has 1 saturated heterocycles. The van der Waals surface area contributed by atoms with Crippen molar-refractivity contribution in [1.82, 2.24) is 4.90 Å². The van der Waals surface area contributed by atoms with E-state index in [2.05, 4.69) is 22.0 Å². The summed E-state index contributed by atoms with van der Waals surface area (Å²) in [5.41, 5.74) is 2.29. The topological polar surface area (TPSA) is 75.0 Å². The number of esters is 1. The average molecular weight is 502 g/mol. The number of benzene rings is 2. The zero-order valence-corrected chi connectivity index (χ0v) is 20.4. The van der Waals surface area contributed by atoms with Crippen molar-refractivity contribution < 1.29 is 18.7 Å². The van der Waals surface area contributed by atoms with E-state index in [-0.39, 0.29) is 5.76 Å². The van der Waals surface area contributed by atoms with E-state index in [1.165, 1.54) is 7.11 Å². The SMILES string of the molecule is CCN1CCN(c2ccc(C(=O)OC)cc2NC(=O)c2ccc(-c3cc(Cl)ccc3Cl)o2)CC1. The number of hydrogen-bond donors (Lipinski definition) is 1. The zero-order chi connectivity index (χ0) is 24.2. The van der Waals surface area contributed by atoms with Crippen LogP contribution in [0.2, 0.25) is 10.0 Å². The number of nitrogens with zero attached hydrogens (tertiary/aromatic N) is 2. The fourth-order valence-corrected chi connectivity index (χ4v) is 4.32. The monoisotopic (exact) mass is 501 g/mol. The fraction of sp³-hybridized carbons (Fsp3) is 0.280. The van der Waals surface area contributed by atoms with Gasteiger partial charge in [-0.15, -0.1) is 0 Å². The summed E-state index contributed by atoms with van der Waals surface area (Å²) >= 11 is 12.3. The van der Waals surface area contributed by atoms with Crippen LogP contribution in [-0.4, -0.2) is 56.6 Å². The van der Waals surface area contributed by atoms with E-state index < -0.39 is 11.9 Å². The molecule has 1 aliphatic heterocycles. The summed E-state index contributed by atoms with van der Waals surface area (Å²) in [6.07, 6.45) is 0. The third kappa shape index (κ3) is 5.22. The van der Waals surface area contributed by atoms with Gasteiger partial charge in [-0.3, -0.25) is 4.79 Å². The second-order valence-corrected chi connectivity index (χ2v) is 8.73. The van der Waals surface area contributed by atoms with E-state index in [1.807, 2.05) is 6.07 Å². The maximum atomic E-state index is 13.1. The lowest BCUT2D eigenvalue weighted by atomic mass is 10.1. The van der Waals surface area contributed by atoms with Gasteiger partial charge in [0.2, 0.25) is 0 Å². The molecule has 3 aromatic rings. The van der Waals surface area contributed by atoms with Crippen LogP contribution in [0.4, 0.5) is 11.4 Å². The smallest absolute Gasteiger partial charge is 0.337 e. The summed E-state index contributed by atoms with van der Waals surface area (Å²) in [6.45, 7) is 6.60. The molecule has 0 spiro atoms. The first-order valence-corrected chi connectivity index (χ1v) is 11.7. The molecule has 0 unspecified atom stereocenters. The summed E-state index contributed by atoms with van der Waals surface area (Å²) in [4.78, 5) is 29.8. The predicted molar refractivity (Wildman–Crippen MR) is 134 cm³/mol. The molecule has 178 valence electrons. The summed E-state index contributed by atoms with van der Waals surface area (Å²) < 4.78 is 10.6. The Balaban J connectivity index is 1.60. The second kappa shape index (κ2) is 10.5. The van der Waals surface area contributed by atoms with E-state index in [4.69, 9.17) is 32.4 Å². The van der Waals surface area contributed by atoms with Gasteiger partial charge in [0.1, 0.15) is 5.76 Å². The highest BCUT2D eigenvalue weighted by atomic mass is 35.5. The van der Waals surface area contributed by atoms with Crippen molar-refractivity contribution in [3.63, 3.8) is 0 Å². The van der Waals surface area contributed by atoms with Crippen LogP contribution in [0.3, 0.4) is 0 Å². The Kier molecular flexibility index (Phi) is 7.46. The lowest BCUT2D eigenvalue weighted by Gasteiger charge is -2.36. The van der Waals surface area contributed by atoms with Crippen molar-refractivity contribution in [3.05, 3.63) is 69.9 Å². The minimum atomic E-state index is -0.478. The summed E-state index contributed by atoms with van der Waals surface area (Å²) in [7, 11) is 1.32. The molecule has 0 atom stereocenters. The van der Waals surface area contributed by atoms with Crippen LogP contribution >= 0.6 is 23.2 Å². The number of carbonyl (C=O) groups is 2. The molecule has 1 aliphatic rings. The maximum Gasteiger partial charge on any atom is 0.337 e. The second-order valence-electron chi connectivity index (χ2n) is 7.89. The highest BCUT2D eigenvalue weighted by Gasteiger charge is 2.22. The maximum absolute atomic E-state index is 13.1. The first-order chi connectivity index (χ1) is 16.4. The molecular formula is C25H25Cl2N3O4. The van der Waals surface area contributed by atoms with Gasteiger partial charge >= 0.3 is 5.97 Å². The normalized spacial score (nSPS) is 14.2. The molecule has 4 rings (SSSR count). The minimum Gasteiger partial charge on any atom is -0.465 e. The molecule has 2 aromatic carbocycles. The Hall–Kier alpha value is -3.00. The average Bonchev–Trinajstić information content (AvgIpc) is 3.35. The van der Waals surface area contributed by atoms with E-state index in [0.29, 0.717) is 32.6 Å². The molecule has 0 aliphatic carbocycles. The largest absolute Gasteiger partial charge is 0.465 e. The highest BCUT2D eigenvalue weighted by molar-refractivity contribution is 6.35. The molecular weight excluding hydrogens is 477 g/mol. The van der Waals surface area contributed by atoms with Gasteiger partial charge in [0.05, 0.1) is 29.1 Å². The number of methoxy groups -OCH3 is 1. The van der Waals surface area contributed by atoms with Gasteiger partial charge in [0, 0.05) is 36.8 Å².